The molecule has 0 bridgehead atoms. The summed E-state index contributed by atoms with van der Waals surface area (Å²) in [6, 6.07) is 11.5. The molecule has 7 nitrogen and oxygen atoms in total. The molecule has 6 rings (SSSR count). The Bertz CT molecular complexity index is 842. The second kappa shape index (κ2) is 5.76. The van der Waals surface area contributed by atoms with E-state index in [1.165, 1.54) is 0 Å². The van der Waals surface area contributed by atoms with Crippen LogP contribution >= 0.6 is 0 Å². The van der Waals surface area contributed by atoms with Gasteiger partial charge in [-0.3, -0.25) is 0 Å². The lowest BCUT2D eigenvalue weighted by Gasteiger charge is -2.20. The minimum Gasteiger partial charge on any atom is -0.454 e. The molecular weight excluding hydrogens is 352 g/mol. The SMILES string of the molecule is O[C@@H]1OC(c2ccc3c(c2)OCO3)C2COC(c3ccc4c(c3)OCO4)C21. The first-order valence-corrected chi connectivity index (χ1v) is 9.02. The molecule has 0 radical (unpaired) electrons. The zero-order valence-corrected chi connectivity index (χ0v) is 14.4. The van der Waals surface area contributed by atoms with Crippen molar-refractivity contribution >= 4 is 0 Å². The molecule has 0 spiro atoms. The summed E-state index contributed by atoms with van der Waals surface area (Å²) >= 11 is 0. The van der Waals surface area contributed by atoms with Crippen LogP contribution in [0.2, 0.25) is 0 Å². The van der Waals surface area contributed by atoms with Crippen LogP contribution in [0, 0.1) is 11.8 Å². The highest BCUT2D eigenvalue weighted by molar-refractivity contribution is 5.47. The maximum atomic E-state index is 10.6. The Labute approximate surface area is 155 Å². The average Bonchev–Trinajstić information content (AvgIpc) is 3.45. The Kier molecular flexibility index (Phi) is 3.32. The lowest BCUT2D eigenvalue weighted by atomic mass is 9.84. The molecule has 4 aliphatic rings. The average molecular weight is 370 g/mol. The fraction of sp³-hybridized carbons (Fsp3) is 0.400. The fourth-order valence-electron chi connectivity index (χ4n) is 4.48. The molecule has 2 saturated heterocycles. The molecule has 0 saturated carbocycles. The number of benzene rings is 2. The van der Waals surface area contributed by atoms with Crippen LogP contribution in [0.15, 0.2) is 36.4 Å². The Balaban J connectivity index is 1.30. The highest BCUT2D eigenvalue weighted by Gasteiger charge is 2.53. The van der Waals surface area contributed by atoms with Crippen molar-refractivity contribution in [1.29, 1.82) is 0 Å². The number of fused-ring (bicyclic) bond motifs is 3. The summed E-state index contributed by atoms with van der Waals surface area (Å²) in [5.41, 5.74) is 1.92. The van der Waals surface area contributed by atoms with Crippen LogP contribution in [-0.2, 0) is 9.47 Å². The van der Waals surface area contributed by atoms with Crippen molar-refractivity contribution in [3.05, 3.63) is 47.5 Å². The Morgan fingerprint density at radius 2 is 1.33 bits per heavy atom. The Morgan fingerprint density at radius 3 is 2.00 bits per heavy atom. The fourth-order valence-corrected chi connectivity index (χ4v) is 4.48. The van der Waals surface area contributed by atoms with Gasteiger partial charge in [0.05, 0.1) is 18.8 Å². The maximum Gasteiger partial charge on any atom is 0.231 e. The molecule has 27 heavy (non-hydrogen) atoms. The van der Waals surface area contributed by atoms with Crippen molar-refractivity contribution in [2.45, 2.75) is 18.5 Å². The van der Waals surface area contributed by atoms with Gasteiger partial charge in [0.25, 0.3) is 0 Å². The van der Waals surface area contributed by atoms with Crippen LogP contribution in [0.5, 0.6) is 23.0 Å². The van der Waals surface area contributed by atoms with E-state index in [0.717, 1.165) is 22.6 Å². The molecule has 0 aliphatic carbocycles. The van der Waals surface area contributed by atoms with Gasteiger partial charge in [0.1, 0.15) is 0 Å². The largest absolute Gasteiger partial charge is 0.454 e. The van der Waals surface area contributed by atoms with Crippen LogP contribution in [0.25, 0.3) is 0 Å². The van der Waals surface area contributed by atoms with E-state index in [4.69, 9.17) is 28.4 Å². The van der Waals surface area contributed by atoms with Crippen molar-refractivity contribution < 1.29 is 33.5 Å². The van der Waals surface area contributed by atoms with Gasteiger partial charge in [-0.05, 0) is 35.4 Å². The first-order valence-electron chi connectivity index (χ1n) is 9.02. The standard InChI is InChI=1S/C20H18O7/c21-20-17-12(18(27-20)10-1-3-13-15(5-10)25-8-23-13)7-22-19(17)11-2-4-14-16(6-11)26-9-24-14/h1-6,12,17-21H,7-9H2/t12?,17?,18?,19?,20-/m1/s1. The quantitative estimate of drug-likeness (QED) is 0.871. The third-order valence-electron chi connectivity index (χ3n) is 5.77. The highest BCUT2D eigenvalue weighted by Crippen LogP contribution is 2.54. The summed E-state index contributed by atoms with van der Waals surface area (Å²) in [6.45, 7) is 0.975. The number of aliphatic hydroxyl groups excluding tert-OH is 1. The van der Waals surface area contributed by atoms with E-state index in [9.17, 15) is 5.11 Å². The molecule has 4 heterocycles. The molecule has 140 valence electrons. The van der Waals surface area contributed by atoms with Crippen molar-refractivity contribution in [3.63, 3.8) is 0 Å². The predicted molar refractivity (Wildman–Crippen MR) is 90.6 cm³/mol. The molecule has 1 N–H and O–H groups in total. The molecule has 2 fully saturated rings. The van der Waals surface area contributed by atoms with Gasteiger partial charge in [0.2, 0.25) is 13.6 Å². The molecule has 4 aliphatic heterocycles. The zero-order valence-electron chi connectivity index (χ0n) is 14.4. The van der Waals surface area contributed by atoms with Crippen LogP contribution in [0.1, 0.15) is 23.3 Å². The van der Waals surface area contributed by atoms with Gasteiger partial charge in [-0.15, -0.1) is 0 Å². The van der Waals surface area contributed by atoms with E-state index in [1.54, 1.807) is 0 Å². The van der Waals surface area contributed by atoms with Gasteiger partial charge < -0.3 is 33.5 Å². The number of ether oxygens (including phenoxy) is 6. The summed E-state index contributed by atoms with van der Waals surface area (Å²) in [6.07, 6.45) is -1.40. The van der Waals surface area contributed by atoms with Crippen molar-refractivity contribution in [2.75, 3.05) is 20.2 Å². The molecule has 5 atom stereocenters. The lowest BCUT2D eigenvalue weighted by molar-refractivity contribution is -0.134. The second-order valence-corrected chi connectivity index (χ2v) is 7.17. The normalized spacial score (nSPS) is 32.7. The van der Waals surface area contributed by atoms with Gasteiger partial charge in [0, 0.05) is 11.8 Å². The molecule has 0 amide bonds. The molecule has 4 unspecified atom stereocenters. The van der Waals surface area contributed by atoms with Crippen molar-refractivity contribution in [3.8, 4) is 23.0 Å². The minimum absolute atomic E-state index is 0.0517. The molecule has 2 aromatic carbocycles. The van der Waals surface area contributed by atoms with Crippen LogP contribution in [0.4, 0.5) is 0 Å². The van der Waals surface area contributed by atoms with E-state index in [0.29, 0.717) is 18.1 Å². The minimum atomic E-state index is -0.900. The van der Waals surface area contributed by atoms with Crippen molar-refractivity contribution in [1.82, 2.24) is 0 Å². The topological polar surface area (TPSA) is 75.6 Å². The number of hydrogen-bond donors (Lipinski definition) is 1. The summed E-state index contributed by atoms with van der Waals surface area (Å²) in [7, 11) is 0. The first-order chi connectivity index (χ1) is 13.3. The van der Waals surface area contributed by atoms with Gasteiger partial charge in [-0.2, -0.15) is 0 Å². The van der Waals surface area contributed by atoms with E-state index in [2.05, 4.69) is 0 Å². The Morgan fingerprint density at radius 1 is 0.741 bits per heavy atom. The van der Waals surface area contributed by atoms with Gasteiger partial charge in [-0.25, -0.2) is 0 Å². The first kappa shape index (κ1) is 15.6. The summed E-state index contributed by atoms with van der Waals surface area (Å²) in [5.74, 6) is 2.78. The predicted octanol–water partition coefficient (Wildman–Crippen LogP) is 2.54. The number of rotatable bonds is 2. The third-order valence-corrected chi connectivity index (χ3v) is 5.77. The van der Waals surface area contributed by atoms with Crippen LogP contribution in [-0.4, -0.2) is 31.6 Å². The Hall–Kier alpha value is -2.48. The number of aliphatic hydroxyl groups is 1. The van der Waals surface area contributed by atoms with Gasteiger partial charge >= 0.3 is 0 Å². The smallest absolute Gasteiger partial charge is 0.231 e. The number of hydrogen-bond acceptors (Lipinski definition) is 7. The summed E-state index contributed by atoms with van der Waals surface area (Å²) in [5, 5.41) is 10.6. The van der Waals surface area contributed by atoms with E-state index in [1.807, 2.05) is 36.4 Å². The molecular formula is C20H18O7. The third kappa shape index (κ3) is 2.32. The van der Waals surface area contributed by atoms with Gasteiger partial charge in [-0.1, -0.05) is 12.1 Å². The van der Waals surface area contributed by atoms with E-state index in [-0.39, 0.29) is 37.6 Å². The maximum absolute atomic E-state index is 10.6. The summed E-state index contributed by atoms with van der Waals surface area (Å²) < 4.78 is 33.7. The highest BCUT2D eigenvalue weighted by atomic mass is 16.7. The van der Waals surface area contributed by atoms with E-state index >= 15 is 0 Å². The molecule has 7 heteroatoms. The van der Waals surface area contributed by atoms with E-state index < -0.39 is 6.29 Å². The van der Waals surface area contributed by atoms with Crippen LogP contribution in [0.3, 0.4) is 0 Å². The zero-order chi connectivity index (χ0) is 18.0. The summed E-state index contributed by atoms with van der Waals surface area (Å²) in [4.78, 5) is 0. The lowest BCUT2D eigenvalue weighted by Crippen LogP contribution is -2.22. The van der Waals surface area contributed by atoms with Crippen LogP contribution < -0.4 is 18.9 Å². The molecule has 2 aromatic rings. The van der Waals surface area contributed by atoms with Gasteiger partial charge in [0.15, 0.2) is 29.3 Å². The second-order valence-electron chi connectivity index (χ2n) is 7.17. The molecule has 0 aromatic heterocycles. The van der Waals surface area contributed by atoms with Crippen molar-refractivity contribution in [2.24, 2.45) is 11.8 Å². The monoisotopic (exact) mass is 370 g/mol.